The first kappa shape index (κ1) is 7.78. The molecular weight excluding hydrogens is 152 g/mol. The van der Waals surface area contributed by atoms with Gasteiger partial charge in [0.05, 0.1) is 0 Å². The molecule has 0 spiro atoms. The highest BCUT2D eigenvalue weighted by Crippen LogP contribution is 2.16. The van der Waals surface area contributed by atoms with Gasteiger partial charge in [0.15, 0.2) is 5.94 Å². The average molecular weight is 158 g/mol. The van der Waals surface area contributed by atoms with Gasteiger partial charge in [0, 0.05) is 6.61 Å². The molecule has 11 heavy (non-hydrogen) atoms. The van der Waals surface area contributed by atoms with Gasteiger partial charge in [0.1, 0.15) is 0 Å². The Labute approximate surface area is 62.5 Å². The minimum Gasteiger partial charge on any atom is -0.395 e. The van der Waals surface area contributed by atoms with E-state index in [9.17, 15) is 9.59 Å². The Morgan fingerprint density at radius 1 is 1.73 bits per heavy atom. The molecule has 0 bridgehead atoms. The largest absolute Gasteiger partial charge is 0.517 e. The number of carbonyl (C=O) groups is 1. The fraction of sp³-hybridized carbons (Fsp3) is 0.500. The zero-order valence-corrected chi connectivity index (χ0v) is 5.83. The lowest BCUT2D eigenvalue weighted by Gasteiger charge is -2.03. The summed E-state index contributed by atoms with van der Waals surface area (Å²) in [7, 11) is 0. The van der Waals surface area contributed by atoms with Gasteiger partial charge in [-0.1, -0.05) is 0 Å². The molecule has 0 aliphatic carbocycles. The molecule has 0 aromatic rings. The van der Waals surface area contributed by atoms with Crippen LogP contribution in [-0.4, -0.2) is 25.0 Å². The molecule has 0 N–H and O–H groups in total. The van der Waals surface area contributed by atoms with Crippen molar-refractivity contribution in [2.75, 3.05) is 6.61 Å². The van der Waals surface area contributed by atoms with Gasteiger partial charge in [-0.25, -0.2) is 9.59 Å². The van der Waals surface area contributed by atoms with Crippen LogP contribution in [0.2, 0.25) is 0 Å². The molecule has 1 aliphatic heterocycles. The lowest BCUT2D eigenvalue weighted by atomic mass is 10.5. The van der Waals surface area contributed by atoms with Crippen LogP contribution >= 0.6 is 0 Å². The molecule has 1 unspecified atom stereocenters. The topological polar surface area (TPSA) is 61.8 Å². The van der Waals surface area contributed by atoms with Crippen LogP contribution < -0.4 is 0 Å². The van der Waals surface area contributed by atoms with Crippen molar-refractivity contribution < 1.29 is 23.8 Å². The summed E-state index contributed by atoms with van der Waals surface area (Å²) in [5.74, 6) is 1.15. The first-order chi connectivity index (χ1) is 5.27. The molecule has 5 heteroatoms. The Kier molecular flexibility index (Phi) is 2.25. The monoisotopic (exact) mass is 158 g/mol. The molecule has 1 aliphatic rings. The second kappa shape index (κ2) is 3.18. The van der Waals surface area contributed by atoms with Gasteiger partial charge >= 0.3 is 6.16 Å². The van der Waals surface area contributed by atoms with E-state index in [1.54, 1.807) is 6.92 Å². The van der Waals surface area contributed by atoms with Crippen molar-refractivity contribution in [3.8, 4) is 0 Å². The van der Waals surface area contributed by atoms with Gasteiger partial charge in [-0.2, -0.15) is 0 Å². The third kappa shape index (κ3) is 1.58. The summed E-state index contributed by atoms with van der Waals surface area (Å²) in [5.41, 5.74) is 0. The Balaban J connectivity index is 2.65. The molecule has 1 heterocycles. The van der Waals surface area contributed by atoms with Crippen molar-refractivity contribution in [1.29, 1.82) is 0 Å². The minimum atomic E-state index is -1.01. The standard InChI is InChI=1S/C6H6O5/c1-2-9-5-4(3-7)10-6(8)11-5/h5H,2H2,1H3. The highest BCUT2D eigenvalue weighted by atomic mass is 16.8. The Hall–Kier alpha value is -1.32. The predicted octanol–water partition coefficient (Wildman–Crippen LogP) is 0.231. The second-order valence-electron chi connectivity index (χ2n) is 1.72. The molecule has 1 fully saturated rings. The van der Waals surface area contributed by atoms with Crippen molar-refractivity contribution in [3.05, 3.63) is 5.76 Å². The van der Waals surface area contributed by atoms with E-state index in [0.29, 0.717) is 6.61 Å². The third-order valence-corrected chi connectivity index (χ3v) is 1.03. The van der Waals surface area contributed by atoms with Crippen LogP contribution in [0.1, 0.15) is 6.92 Å². The van der Waals surface area contributed by atoms with E-state index >= 15 is 0 Å². The van der Waals surface area contributed by atoms with Gasteiger partial charge in [0.2, 0.25) is 0 Å². The molecule has 5 nitrogen and oxygen atoms in total. The maximum absolute atomic E-state index is 10.4. The van der Waals surface area contributed by atoms with E-state index < -0.39 is 12.4 Å². The fourth-order valence-corrected chi connectivity index (χ4v) is 0.633. The maximum atomic E-state index is 10.4. The molecular formula is C6H6O5. The molecule has 0 aromatic carbocycles. The SMILES string of the molecule is CCOC1OC(=O)OC1=C=O. The highest BCUT2D eigenvalue weighted by Gasteiger charge is 2.33. The number of hydrogen-bond acceptors (Lipinski definition) is 5. The van der Waals surface area contributed by atoms with Crippen molar-refractivity contribution in [2.24, 2.45) is 0 Å². The lowest BCUT2D eigenvalue weighted by Crippen LogP contribution is -2.13. The normalized spacial score (nSPS) is 22.5. The summed E-state index contributed by atoms with van der Waals surface area (Å²) in [5, 5.41) is 0. The molecule has 0 aromatic heterocycles. The van der Waals surface area contributed by atoms with Gasteiger partial charge < -0.3 is 14.2 Å². The van der Waals surface area contributed by atoms with Crippen LogP contribution in [0.5, 0.6) is 0 Å². The summed E-state index contributed by atoms with van der Waals surface area (Å²) < 4.78 is 13.5. The van der Waals surface area contributed by atoms with E-state index in [2.05, 4.69) is 9.47 Å². The predicted molar refractivity (Wildman–Crippen MR) is 32.2 cm³/mol. The molecule has 0 amide bonds. The average Bonchev–Trinajstić information content (AvgIpc) is 2.32. The maximum Gasteiger partial charge on any atom is 0.517 e. The van der Waals surface area contributed by atoms with Crippen molar-refractivity contribution in [1.82, 2.24) is 0 Å². The zero-order chi connectivity index (χ0) is 8.27. The Bertz CT molecular complexity index is 215. The van der Waals surface area contributed by atoms with Crippen LogP contribution in [0.4, 0.5) is 4.79 Å². The summed E-state index contributed by atoms with van der Waals surface area (Å²) in [6, 6.07) is 0. The van der Waals surface area contributed by atoms with Gasteiger partial charge in [-0.15, -0.1) is 0 Å². The molecule has 1 atom stereocenters. The zero-order valence-electron chi connectivity index (χ0n) is 5.83. The second-order valence-corrected chi connectivity index (χ2v) is 1.72. The summed E-state index contributed by atoms with van der Waals surface area (Å²) in [6.45, 7) is 2.03. The summed E-state index contributed by atoms with van der Waals surface area (Å²) in [4.78, 5) is 20.4. The number of carbonyl (C=O) groups excluding carboxylic acids is 2. The van der Waals surface area contributed by atoms with Crippen LogP contribution in [-0.2, 0) is 19.0 Å². The lowest BCUT2D eigenvalue weighted by molar-refractivity contribution is -0.0557. The van der Waals surface area contributed by atoms with E-state index in [-0.39, 0.29) is 5.76 Å². The number of hydrogen-bond donors (Lipinski definition) is 0. The Morgan fingerprint density at radius 2 is 2.45 bits per heavy atom. The van der Waals surface area contributed by atoms with Gasteiger partial charge in [-0.05, 0) is 6.92 Å². The first-order valence-electron chi connectivity index (χ1n) is 3.03. The van der Waals surface area contributed by atoms with E-state index in [0.717, 1.165) is 0 Å². The minimum absolute atomic E-state index is 0.253. The Morgan fingerprint density at radius 3 is 3.00 bits per heavy atom. The molecule has 0 radical (unpaired) electrons. The van der Waals surface area contributed by atoms with Crippen molar-refractivity contribution in [3.63, 3.8) is 0 Å². The summed E-state index contributed by atoms with van der Waals surface area (Å²) >= 11 is 0. The highest BCUT2D eigenvalue weighted by molar-refractivity contribution is 5.69. The van der Waals surface area contributed by atoms with Crippen LogP contribution in [0.15, 0.2) is 5.76 Å². The van der Waals surface area contributed by atoms with Crippen molar-refractivity contribution >= 4 is 12.1 Å². The number of ether oxygens (including phenoxy) is 3. The van der Waals surface area contributed by atoms with E-state index in [4.69, 9.17) is 4.74 Å². The summed E-state index contributed by atoms with van der Waals surface area (Å²) in [6.07, 6.45) is -1.94. The van der Waals surface area contributed by atoms with Crippen LogP contribution in [0.25, 0.3) is 0 Å². The fourth-order valence-electron chi connectivity index (χ4n) is 0.633. The molecule has 0 saturated carbocycles. The van der Waals surface area contributed by atoms with Gasteiger partial charge in [-0.3, -0.25) is 0 Å². The van der Waals surface area contributed by atoms with E-state index in [1.807, 2.05) is 0 Å². The van der Waals surface area contributed by atoms with Gasteiger partial charge in [0.25, 0.3) is 12.0 Å². The molecule has 60 valence electrons. The van der Waals surface area contributed by atoms with Crippen LogP contribution in [0, 0.1) is 0 Å². The quantitative estimate of drug-likeness (QED) is 0.425. The third-order valence-electron chi connectivity index (χ3n) is 1.03. The number of cyclic esters (lactones) is 2. The van der Waals surface area contributed by atoms with Crippen molar-refractivity contribution in [2.45, 2.75) is 13.2 Å². The molecule has 1 saturated heterocycles. The smallest absolute Gasteiger partial charge is 0.395 e. The van der Waals surface area contributed by atoms with E-state index in [1.165, 1.54) is 5.94 Å². The number of rotatable bonds is 2. The van der Waals surface area contributed by atoms with Crippen LogP contribution in [0.3, 0.4) is 0 Å². The first-order valence-corrected chi connectivity index (χ1v) is 3.03. The molecule has 1 rings (SSSR count).